The van der Waals surface area contributed by atoms with E-state index in [1.54, 1.807) is 6.20 Å². The van der Waals surface area contributed by atoms with E-state index in [4.69, 9.17) is 5.73 Å². The summed E-state index contributed by atoms with van der Waals surface area (Å²) >= 11 is 0. The van der Waals surface area contributed by atoms with Crippen LogP contribution in [0.5, 0.6) is 0 Å². The third-order valence-electron chi connectivity index (χ3n) is 3.32. The smallest absolute Gasteiger partial charge is 0.224 e. The topological polar surface area (TPSA) is 84.1 Å². The minimum atomic E-state index is -0.219. The SMILES string of the molecule is CCCNc1nccc(N2CCCC(C(N)=O)C2)n1. The maximum absolute atomic E-state index is 11.3. The molecule has 3 N–H and O–H groups in total. The normalized spacial score (nSPS) is 19.2. The summed E-state index contributed by atoms with van der Waals surface area (Å²) in [5.74, 6) is 1.21. The highest BCUT2D eigenvalue weighted by atomic mass is 16.1. The molecule has 1 aromatic heterocycles. The van der Waals surface area contributed by atoms with E-state index in [0.717, 1.165) is 38.2 Å². The molecule has 1 saturated heterocycles. The predicted molar refractivity (Wildman–Crippen MR) is 74.9 cm³/mol. The molecule has 1 aromatic rings. The number of nitrogens with zero attached hydrogens (tertiary/aromatic N) is 3. The number of rotatable bonds is 5. The van der Waals surface area contributed by atoms with E-state index >= 15 is 0 Å². The molecule has 0 aliphatic carbocycles. The van der Waals surface area contributed by atoms with Crippen LogP contribution >= 0.6 is 0 Å². The first kappa shape index (κ1) is 13.6. The average Bonchev–Trinajstić information content (AvgIpc) is 2.45. The number of carbonyl (C=O) groups excluding carboxylic acids is 1. The first-order valence-corrected chi connectivity index (χ1v) is 6.82. The zero-order chi connectivity index (χ0) is 13.7. The quantitative estimate of drug-likeness (QED) is 0.828. The first-order valence-electron chi connectivity index (χ1n) is 6.82. The summed E-state index contributed by atoms with van der Waals surface area (Å²) < 4.78 is 0. The van der Waals surface area contributed by atoms with Gasteiger partial charge in [-0.2, -0.15) is 4.98 Å². The Labute approximate surface area is 113 Å². The van der Waals surface area contributed by atoms with Gasteiger partial charge in [-0.25, -0.2) is 4.98 Å². The molecule has 1 amide bonds. The van der Waals surface area contributed by atoms with Gasteiger partial charge in [0.2, 0.25) is 11.9 Å². The summed E-state index contributed by atoms with van der Waals surface area (Å²) in [5, 5.41) is 3.17. The third-order valence-corrected chi connectivity index (χ3v) is 3.32. The number of piperidine rings is 1. The molecule has 6 nitrogen and oxygen atoms in total. The summed E-state index contributed by atoms with van der Waals surface area (Å²) in [6.07, 6.45) is 4.61. The number of hydrogen-bond acceptors (Lipinski definition) is 5. The number of carbonyl (C=O) groups is 1. The van der Waals surface area contributed by atoms with Gasteiger partial charge in [0.25, 0.3) is 0 Å². The van der Waals surface area contributed by atoms with Crippen LogP contribution in [0.3, 0.4) is 0 Å². The van der Waals surface area contributed by atoms with Crippen LogP contribution in [0.15, 0.2) is 12.3 Å². The van der Waals surface area contributed by atoms with E-state index in [1.807, 2.05) is 6.07 Å². The second kappa shape index (κ2) is 6.36. The zero-order valence-electron chi connectivity index (χ0n) is 11.3. The fraction of sp³-hybridized carbons (Fsp3) is 0.615. The van der Waals surface area contributed by atoms with Crippen molar-refractivity contribution >= 4 is 17.7 Å². The molecule has 1 fully saturated rings. The number of hydrogen-bond donors (Lipinski definition) is 2. The molecule has 19 heavy (non-hydrogen) atoms. The van der Waals surface area contributed by atoms with Gasteiger partial charge in [0.05, 0.1) is 5.92 Å². The van der Waals surface area contributed by atoms with Gasteiger partial charge >= 0.3 is 0 Å². The van der Waals surface area contributed by atoms with Crippen molar-refractivity contribution in [2.24, 2.45) is 11.7 Å². The molecule has 1 atom stereocenters. The number of aromatic nitrogens is 2. The minimum Gasteiger partial charge on any atom is -0.369 e. The highest BCUT2D eigenvalue weighted by Crippen LogP contribution is 2.21. The number of nitrogens with two attached hydrogens (primary N) is 1. The highest BCUT2D eigenvalue weighted by molar-refractivity contribution is 5.77. The molecule has 2 heterocycles. The molecular weight excluding hydrogens is 242 g/mol. The lowest BCUT2D eigenvalue weighted by Crippen LogP contribution is -2.41. The molecule has 0 spiro atoms. The second-order valence-electron chi connectivity index (χ2n) is 4.85. The fourth-order valence-corrected chi connectivity index (χ4v) is 2.26. The second-order valence-corrected chi connectivity index (χ2v) is 4.85. The molecule has 1 unspecified atom stereocenters. The average molecular weight is 263 g/mol. The molecule has 104 valence electrons. The van der Waals surface area contributed by atoms with E-state index in [1.165, 1.54) is 0 Å². The summed E-state index contributed by atoms with van der Waals surface area (Å²) in [5.41, 5.74) is 5.39. The summed E-state index contributed by atoms with van der Waals surface area (Å²) in [7, 11) is 0. The number of primary amides is 1. The van der Waals surface area contributed by atoms with Crippen molar-refractivity contribution < 1.29 is 4.79 Å². The summed E-state index contributed by atoms with van der Waals surface area (Å²) in [6.45, 7) is 4.51. The van der Waals surface area contributed by atoms with E-state index in [-0.39, 0.29) is 11.8 Å². The van der Waals surface area contributed by atoms with Crippen molar-refractivity contribution in [2.45, 2.75) is 26.2 Å². The number of amides is 1. The van der Waals surface area contributed by atoms with Crippen molar-refractivity contribution in [1.29, 1.82) is 0 Å². The van der Waals surface area contributed by atoms with Gasteiger partial charge in [-0.05, 0) is 25.3 Å². The lowest BCUT2D eigenvalue weighted by molar-refractivity contribution is -0.122. The molecule has 0 saturated carbocycles. The van der Waals surface area contributed by atoms with Crippen LogP contribution in [0.25, 0.3) is 0 Å². The van der Waals surface area contributed by atoms with E-state index in [0.29, 0.717) is 12.5 Å². The molecule has 0 radical (unpaired) electrons. The summed E-state index contributed by atoms with van der Waals surface area (Å²) in [4.78, 5) is 22.1. The van der Waals surface area contributed by atoms with Crippen LogP contribution in [0.4, 0.5) is 11.8 Å². The molecular formula is C13H21N5O. The predicted octanol–water partition coefficient (Wildman–Crippen LogP) is 1.00. The van der Waals surface area contributed by atoms with Crippen LogP contribution in [0.1, 0.15) is 26.2 Å². The monoisotopic (exact) mass is 263 g/mol. The molecule has 1 aliphatic heterocycles. The Morgan fingerprint density at radius 3 is 3.21 bits per heavy atom. The van der Waals surface area contributed by atoms with E-state index in [2.05, 4.69) is 27.1 Å². The van der Waals surface area contributed by atoms with Crippen LogP contribution in [0.2, 0.25) is 0 Å². The van der Waals surface area contributed by atoms with Crippen molar-refractivity contribution in [1.82, 2.24) is 9.97 Å². The van der Waals surface area contributed by atoms with Gasteiger partial charge < -0.3 is 16.0 Å². The van der Waals surface area contributed by atoms with Crippen molar-refractivity contribution in [3.63, 3.8) is 0 Å². The summed E-state index contributed by atoms with van der Waals surface area (Å²) in [6, 6.07) is 1.88. The largest absolute Gasteiger partial charge is 0.369 e. The first-order chi connectivity index (χ1) is 9.20. The van der Waals surface area contributed by atoms with E-state index < -0.39 is 0 Å². The maximum atomic E-state index is 11.3. The Morgan fingerprint density at radius 1 is 1.63 bits per heavy atom. The van der Waals surface area contributed by atoms with Crippen LogP contribution in [-0.4, -0.2) is 35.5 Å². The number of anilines is 2. The molecule has 6 heteroatoms. The highest BCUT2D eigenvalue weighted by Gasteiger charge is 2.24. The third kappa shape index (κ3) is 3.56. The Balaban J connectivity index is 2.06. The van der Waals surface area contributed by atoms with Gasteiger partial charge in [-0.3, -0.25) is 4.79 Å². The molecule has 2 rings (SSSR count). The van der Waals surface area contributed by atoms with Crippen molar-refractivity contribution in [2.75, 3.05) is 29.9 Å². The van der Waals surface area contributed by atoms with E-state index in [9.17, 15) is 4.79 Å². The molecule has 0 aromatic carbocycles. The molecule has 1 aliphatic rings. The van der Waals surface area contributed by atoms with Gasteiger partial charge in [0, 0.05) is 25.8 Å². The maximum Gasteiger partial charge on any atom is 0.224 e. The van der Waals surface area contributed by atoms with Gasteiger partial charge in [0.1, 0.15) is 5.82 Å². The lowest BCUT2D eigenvalue weighted by Gasteiger charge is -2.32. The minimum absolute atomic E-state index is 0.0734. The lowest BCUT2D eigenvalue weighted by atomic mass is 9.97. The van der Waals surface area contributed by atoms with Gasteiger partial charge in [-0.1, -0.05) is 6.92 Å². The van der Waals surface area contributed by atoms with Crippen molar-refractivity contribution in [3.05, 3.63) is 12.3 Å². The number of nitrogens with one attached hydrogen (secondary N) is 1. The van der Waals surface area contributed by atoms with Gasteiger partial charge in [0.15, 0.2) is 0 Å². The Morgan fingerprint density at radius 2 is 2.47 bits per heavy atom. The Bertz CT molecular complexity index is 437. The van der Waals surface area contributed by atoms with Gasteiger partial charge in [-0.15, -0.1) is 0 Å². The fourth-order valence-electron chi connectivity index (χ4n) is 2.26. The van der Waals surface area contributed by atoms with Crippen LogP contribution in [-0.2, 0) is 4.79 Å². The Kier molecular flexibility index (Phi) is 4.54. The van der Waals surface area contributed by atoms with Crippen LogP contribution < -0.4 is 16.0 Å². The standard InChI is InChI=1S/C13H21N5O/c1-2-6-15-13-16-7-5-11(17-13)18-8-3-4-10(9-18)12(14)19/h5,7,10H,2-4,6,8-9H2,1H3,(H2,14,19)(H,15,16,17). The Hall–Kier alpha value is -1.85. The van der Waals surface area contributed by atoms with Crippen molar-refractivity contribution in [3.8, 4) is 0 Å². The zero-order valence-corrected chi connectivity index (χ0v) is 11.3. The van der Waals surface area contributed by atoms with Crippen LogP contribution in [0, 0.1) is 5.92 Å². The molecule has 0 bridgehead atoms.